The molecule has 0 amide bonds. The molecule has 2 aromatic carbocycles. The van der Waals surface area contributed by atoms with E-state index in [2.05, 4.69) is 9.97 Å². The van der Waals surface area contributed by atoms with Crippen LogP contribution in [-0.4, -0.2) is 20.3 Å². The number of carbonyl (C=O) groups is 1. The predicted octanol–water partition coefficient (Wildman–Crippen LogP) is 4.56. The van der Waals surface area contributed by atoms with Crippen molar-refractivity contribution in [3.63, 3.8) is 0 Å². The number of carbonyl (C=O) groups excluding carboxylic acids is 1. The second-order valence-electron chi connectivity index (χ2n) is 6.16. The summed E-state index contributed by atoms with van der Waals surface area (Å²) in [5, 5.41) is 1.73. The number of fused-ring (bicyclic) bond motifs is 1. The smallest absolute Gasteiger partial charge is 0.187 e. The number of hydrogen-bond donors (Lipinski definition) is 0. The summed E-state index contributed by atoms with van der Waals surface area (Å²) in [5.74, 6) is -0.0382. The molecule has 0 bridgehead atoms. The first-order valence-electron chi connectivity index (χ1n) is 8.31. The van der Waals surface area contributed by atoms with Crippen LogP contribution in [0.5, 0.6) is 0 Å². The van der Waals surface area contributed by atoms with E-state index in [1.165, 1.54) is 0 Å². The Kier molecular flexibility index (Phi) is 4.50. The van der Waals surface area contributed by atoms with Gasteiger partial charge in [-0.05, 0) is 29.8 Å². The molecular formula is C21H16ClN3O. The van der Waals surface area contributed by atoms with E-state index in [1.54, 1.807) is 12.4 Å². The zero-order valence-corrected chi connectivity index (χ0v) is 14.7. The van der Waals surface area contributed by atoms with E-state index >= 15 is 0 Å². The molecule has 0 unspecified atom stereocenters. The van der Waals surface area contributed by atoms with Crippen molar-refractivity contribution in [2.24, 2.45) is 0 Å². The molecule has 0 saturated carbocycles. The number of rotatable bonds is 5. The van der Waals surface area contributed by atoms with Crippen LogP contribution in [0.15, 0.2) is 73.2 Å². The number of pyridine rings is 1. The van der Waals surface area contributed by atoms with Gasteiger partial charge in [0.1, 0.15) is 5.69 Å². The molecular weight excluding hydrogens is 346 g/mol. The van der Waals surface area contributed by atoms with Crippen LogP contribution in [0.3, 0.4) is 0 Å². The van der Waals surface area contributed by atoms with Crippen molar-refractivity contribution in [3.8, 4) is 0 Å². The fourth-order valence-electron chi connectivity index (χ4n) is 2.91. The predicted molar refractivity (Wildman–Crippen MR) is 103 cm³/mol. The van der Waals surface area contributed by atoms with Crippen molar-refractivity contribution in [1.29, 1.82) is 0 Å². The summed E-state index contributed by atoms with van der Waals surface area (Å²) >= 11 is 6.02. The summed E-state index contributed by atoms with van der Waals surface area (Å²) < 4.78 is 1.95. The maximum Gasteiger partial charge on any atom is 0.187 e. The molecule has 4 nitrogen and oxygen atoms in total. The van der Waals surface area contributed by atoms with Gasteiger partial charge in [0, 0.05) is 23.2 Å². The molecule has 5 heteroatoms. The number of halogens is 1. The van der Waals surface area contributed by atoms with Gasteiger partial charge >= 0.3 is 0 Å². The van der Waals surface area contributed by atoms with E-state index in [1.807, 2.05) is 65.4 Å². The average Bonchev–Trinajstić information content (AvgIpc) is 3.08. The van der Waals surface area contributed by atoms with Crippen molar-refractivity contribution in [1.82, 2.24) is 14.5 Å². The maximum absolute atomic E-state index is 12.5. The minimum absolute atomic E-state index is 0.0382. The average molecular weight is 362 g/mol. The molecule has 0 N–H and O–H groups in total. The summed E-state index contributed by atoms with van der Waals surface area (Å²) in [5.41, 5.74) is 3.11. The highest BCUT2D eigenvalue weighted by molar-refractivity contribution is 6.30. The van der Waals surface area contributed by atoms with Gasteiger partial charge in [-0.2, -0.15) is 0 Å². The van der Waals surface area contributed by atoms with Crippen LogP contribution < -0.4 is 0 Å². The third-order valence-electron chi connectivity index (χ3n) is 4.17. The van der Waals surface area contributed by atoms with Gasteiger partial charge in [0.2, 0.25) is 0 Å². The van der Waals surface area contributed by atoms with Gasteiger partial charge in [0.25, 0.3) is 0 Å². The molecule has 0 spiro atoms. The van der Waals surface area contributed by atoms with Crippen LogP contribution in [0, 0.1) is 0 Å². The Morgan fingerprint density at radius 2 is 1.92 bits per heavy atom. The second-order valence-corrected chi connectivity index (χ2v) is 6.59. The lowest BCUT2D eigenvalue weighted by molar-refractivity contribution is 0.0987. The molecule has 0 aliphatic carbocycles. The molecule has 128 valence electrons. The molecule has 0 aliphatic rings. The monoisotopic (exact) mass is 361 g/mol. The van der Waals surface area contributed by atoms with Crippen LogP contribution in [0.2, 0.25) is 5.02 Å². The zero-order chi connectivity index (χ0) is 17.9. The highest BCUT2D eigenvalue weighted by Crippen LogP contribution is 2.14. The lowest BCUT2D eigenvalue weighted by Gasteiger charge is -2.03. The number of imidazole rings is 1. The number of hydrogen-bond acceptors (Lipinski definition) is 3. The van der Waals surface area contributed by atoms with Gasteiger partial charge in [0.05, 0.1) is 24.0 Å². The van der Waals surface area contributed by atoms with E-state index in [4.69, 9.17) is 11.6 Å². The summed E-state index contributed by atoms with van der Waals surface area (Å²) in [6.07, 6.45) is 3.85. The largest absolute Gasteiger partial charge is 0.333 e. The van der Waals surface area contributed by atoms with Crippen molar-refractivity contribution in [2.45, 2.75) is 13.0 Å². The fraction of sp³-hybridized carbons (Fsp3) is 0.0952. The molecule has 0 aliphatic heterocycles. The standard InChI is InChI=1S/C21H16ClN3O/c22-17-6-3-4-15(10-17)12-25-13-18(23-14-25)11-21(26)20-9-8-16-5-1-2-7-19(16)24-20/h1-10,13-14H,11-12H2. The first-order chi connectivity index (χ1) is 12.7. The Hall–Kier alpha value is -2.98. The van der Waals surface area contributed by atoms with E-state index in [0.29, 0.717) is 17.3 Å². The zero-order valence-electron chi connectivity index (χ0n) is 14.0. The number of nitrogens with zero attached hydrogens (tertiary/aromatic N) is 3. The van der Waals surface area contributed by atoms with Gasteiger partial charge in [-0.3, -0.25) is 4.79 Å². The quantitative estimate of drug-likeness (QED) is 0.489. The second kappa shape index (κ2) is 7.10. The Labute approximate surface area is 156 Å². The van der Waals surface area contributed by atoms with Crippen molar-refractivity contribution >= 4 is 28.3 Å². The maximum atomic E-state index is 12.5. The molecule has 4 aromatic rings. The Morgan fingerprint density at radius 1 is 1.04 bits per heavy atom. The van der Waals surface area contributed by atoms with E-state index < -0.39 is 0 Å². The van der Waals surface area contributed by atoms with E-state index in [9.17, 15) is 4.79 Å². The Balaban J connectivity index is 1.48. The van der Waals surface area contributed by atoms with Crippen LogP contribution >= 0.6 is 11.6 Å². The topological polar surface area (TPSA) is 47.8 Å². The molecule has 2 aromatic heterocycles. The van der Waals surface area contributed by atoms with E-state index in [0.717, 1.165) is 22.2 Å². The lowest BCUT2D eigenvalue weighted by Crippen LogP contribution is -2.06. The fourth-order valence-corrected chi connectivity index (χ4v) is 3.12. The highest BCUT2D eigenvalue weighted by Gasteiger charge is 2.11. The third kappa shape index (κ3) is 3.65. The van der Waals surface area contributed by atoms with Gasteiger partial charge in [0.15, 0.2) is 5.78 Å². The molecule has 2 heterocycles. The first kappa shape index (κ1) is 16.5. The van der Waals surface area contributed by atoms with E-state index in [-0.39, 0.29) is 12.2 Å². The molecule has 0 atom stereocenters. The SMILES string of the molecule is O=C(Cc1cn(Cc2cccc(Cl)c2)cn1)c1ccc2ccccc2n1. The van der Waals surface area contributed by atoms with Crippen LogP contribution in [-0.2, 0) is 13.0 Å². The van der Waals surface area contributed by atoms with Crippen molar-refractivity contribution in [3.05, 3.63) is 95.2 Å². The first-order valence-corrected chi connectivity index (χ1v) is 8.69. The van der Waals surface area contributed by atoms with Gasteiger partial charge < -0.3 is 4.57 Å². The van der Waals surface area contributed by atoms with Crippen LogP contribution in [0.4, 0.5) is 0 Å². The lowest BCUT2D eigenvalue weighted by atomic mass is 10.1. The molecule has 0 fully saturated rings. The van der Waals surface area contributed by atoms with Gasteiger partial charge in [-0.25, -0.2) is 9.97 Å². The Bertz CT molecular complexity index is 1090. The number of ketones is 1. The summed E-state index contributed by atoms with van der Waals surface area (Å²) in [6, 6.07) is 19.2. The molecule has 0 radical (unpaired) electrons. The third-order valence-corrected chi connectivity index (χ3v) is 4.40. The number of para-hydroxylation sites is 1. The molecule has 26 heavy (non-hydrogen) atoms. The summed E-state index contributed by atoms with van der Waals surface area (Å²) in [7, 11) is 0. The number of aromatic nitrogens is 3. The number of Topliss-reactive ketones (excluding diaryl/α,β-unsaturated/α-hetero) is 1. The van der Waals surface area contributed by atoms with Crippen LogP contribution in [0.25, 0.3) is 10.9 Å². The highest BCUT2D eigenvalue weighted by atomic mass is 35.5. The van der Waals surface area contributed by atoms with Crippen molar-refractivity contribution < 1.29 is 4.79 Å². The molecule has 0 saturated heterocycles. The molecule has 4 rings (SSSR count). The van der Waals surface area contributed by atoms with Gasteiger partial charge in [-0.15, -0.1) is 0 Å². The van der Waals surface area contributed by atoms with Crippen molar-refractivity contribution in [2.75, 3.05) is 0 Å². The normalized spacial score (nSPS) is 11.0. The number of benzene rings is 2. The summed E-state index contributed by atoms with van der Waals surface area (Å²) in [6.45, 7) is 0.663. The summed E-state index contributed by atoms with van der Waals surface area (Å²) in [4.78, 5) is 21.3. The van der Waals surface area contributed by atoms with Gasteiger partial charge in [-0.1, -0.05) is 48.0 Å². The minimum Gasteiger partial charge on any atom is -0.333 e. The Morgan fingerprint density at radius 3 is 2.81 bits per heavy atom. The van der Waals surface area contributed by atoms with Crippen LogP contribution in [0.1, 0.15) is 21.7 Å². The minimum atomic E-state index is -0.0382.